The largest absolute Gasteiger partial charge is 0.401 e. The molecule has 21 heavy (non-hydrogen) atoms. The molecule has 0 aliphatic carbocycles. The number of piperazine rings is 1. The van der Waals surface area contributed by atoms with E-state index in [0.717, 1.165) is 26.2 Å². The van der Waals surface area contributed by atoms with Crippen LogP contribution in [0.2, 0.25) is 0 Å². The third-order valence-electron chi connectivity index (χ3n) is 4.29. The Balaban J connectivity index is 1.50. The van der Waals surface area contributed by atoms with Crippen LogP contribution >= 0.6 is 0 Å². The van der Waals surface area contributed by atoms with Crippen LogP contribution in [0.15, 0.2) is 24.3 Å². The molecular formula is C15H20F3N3. The predicted molar refractivity (Wildman–Crippen MR) is 76.6 cm³/mol. The summed E-state index contributed by atoms with van der Waals surface area (Å²) in [5, 5.41) is 3.39. The summed E-state index contributed by atoms with van der Waals surface area (Å²) in [5.74, 6) is 0.440. The van der Waals surface area contributed by atoms with E-state index in [2.05, 4.69) is 22.3 Å². The average molecular weight is 299 g/mol. The molecule has 2 aliphatic rings. The van der Waals surface area contributed by atoms with Crippen LogP contribution in [0.1, 0.15) is 11.5 Å². The molecule has 0 amide bonds. The fourth-order valence-corrected chi connectivity index (χ4v) is 3.22. The van der Waals surface area contributed by atoms with Crippen molar-refractivity contribution in [2.75, 3.05) is 51.1 Å². The number of rotatable bonds is 3. The van der Waals surface area contributed by atoms with Crippen molar-refractivity contribution in [2.24, 2.45) is 0 Å². The van der Waals surface area contributed by atoms with Crippen LogP contribution in [0.4, 0.5) is 18.9 Å². The van der Waals surface area contributed by atoms with E-state index in [1.165, 1.54) is 16.2 Å². The van der Waals surface area contributed by atoms with Gasteiger partial charge in [0, 0.05) is 50.9 Å². The van der Waals surface area contributed by atoms with Gasteiger partial charge < -0.3 is 10.2 Å². The van der Waals surface area contributed by atoms with E-state index in [0.29, 0.717) is 19.0 Å². The molecule has 0 bridgehead atoms. The number of anilines is 1. The fraction of sp³-hybridized carbons (Fsp3) is 0.600. The van der Waals surface area contributed by atoms with Crippen molar-refractivity contribution in [3.63, 3.8) is 0 Å². The second kappa shape index (κ2) is 5.85. The summed E-state index contributed by atoms with van der Waals surface area (Å²) < 4.78 is 37.1. The molecular weight excluding hydrogens is 279 g/mol. The van der Waals surface area contributed by atoms with Crippen molar-refractivity contribution < 1.29 is 13.2 Å². The third kappa shape index (κ3) is 3.68. The maximum Gasteiger partial charge on any atom is 0.401 e. The highest BCUT2D eigenvalue weighted by molar-refractivity contribution is 5.57. The molecule has 116 valence electrons. The number of hydrogen-bond acceptors (Lipinski definition) is 3. The predicted octanol–water partition coefficient (Wildman–Crippen LogP) is 2.38. The first kappa shape index (κ1) is 14.7. The molecule has 1 saturated heterocycles. The second-order valence-corrected chi connectivity index (χ2v) is 5.86. The molecule has 3 nitrogen and oxygen atoms in total. The molecule has 2 heterocycles. The number of halogens is 3. The lowest BCUT2D eigenvalue weighted by molar-refractivity contribution is -0.149. The maximum atomic E-state index is 12.4. The minimum atomic E-state index is -4.09. The minimum absolute atomic E-state index is 0.440. The van der Waals surface area contributed by atoms with Gasteiger partial charge in [0.1, 0.15) is 0 Å². The number of nitrogens with zero attached hydrogens (tertiary/aromatic N) is 2. The second-order valence-electron chi connectivity index (χ2n) is 5.86. The SMILES string of the molecule is FC(F)(F)CN1CCN(CC2CNc3ccccc32)CC1. The Morgan fingerprint density at radius 1 is 1.05 bits per heavy atom. The van der Waals surface area contributed by atoms with Crippen molar-refractivity contribution in [3.05, 3.63) is 29.8 Å². The standard InChI is InChI=1S/C15H20F3N3/c16-15(17,18)11-21-7-5-20(6-8-21)10-12-9-19-14-4-2-1-3-13(12)14/h1-4,12,19H,5-11H2. The molecule has 0 saturated carbocycles. The van der Waals surface area contributed by atoms with Gasteiger partial charge in [-0.1, -0.05) is 18.2 Å². The van der Waals surface area contributed by atoms with E-state index in [1.54, 1.807) is 0 Å². The van der Waals surface area contributed by atoms with Crippen molar-refractivity contribution in [1.29, 1.82) is 0 Å². The topological polar surface area (TPSA) is 18.5 Å². The molecule has 0 aromatic heterocycles. The number of para-hydroxylation sites is 1. The highest BCUT2D eigenvalue weighted by Gasteiger charge is 2.33. The minimum Gasteiger partial charge on any atom is -0.384 e. The average Bonchev–Trinajstić information content (AvgIpc) is 2.83. The third-order valence-corrected chi connectivity index (χ3v) is 4.29. The molecule has 3 rings (SSSR count). The zero-order valence-corrected chi connectivity index (χ0v) is 11.9. The lowest BCUT2D eigenvalue weighted by Gasteiger charge is -2.36. The molecule has 1 aromatic rings. The Labute approximate surface area is 122 Å². The molecule has 1 aromatic carbocycles. The first-order chi connectivity index (χ1) is 10.0. The molecule has 1 fully saturated rings. The first-order valence-electron chi connectivity index (χ1n) is 7.35. The summed E-state index contributed by atoms with van der Waals surface area (Å²) in [6, 6.07) is 8.28. The van der Waals surface area contributed by atoms with Gasteiger partial charge in [-0.15, -0.1) is 0 Å². The maximum absolute atomic E-state index is 12.4. The smallest absolute Gasteiger partial charge is 0.384 e. The van der Waals surface area contributed by atoms with Gasteiger partial charge in [0.05, 0.1) is 6.54 Å². The molecule has 6 heteroatoms. The zero-order chi connectivity index (χ0) is 14.9. The van der Waals surface area contributed by atoms with Crippen LogP contribution in [-0.4, -0.2) is 61.8 Å². The van der Waals surface area contributed by atoms with Crippen LogP contribution in [-0.2, 0) is 0 Å². The fourth-order valence-electron chi connectivity index (χ4n) is 3.22. The Hall–Kier alpha value is -1.27. The lowest BCUT2D eigenvalue weighted by Crippen LogP contribution is -2.50. The van der Waals surface area contributed by atoms with Crippen LogP contribution in [0, 0.1) is 0 Å². The van der Waals surface area contributed by atoms with E-state index in [4.69, 9.17) is 0 Å². The summed E-state index contributed by atoms with van der Waals surface area (Å²) >= 11 is 0. The summed E-state index contributed by atoms with van der Waals surface area (Å²) in [5.41, 5.74) is 2.52. The number of hydrogen-bond donors (Lipinski definition) is 1. The summed E-state index contributed by atoms with van der Waals surface area (Å²) in [6.45, 7) is 3.49. The van der Waals surface area contributed by atoms with Gasteiger partial charge in [-0.3, -0.25) is 4.90 Å². The van der Waals surface area contributed by atoms with Gasteiger partial charge in [0.2, 0.25) is 0 Å². The normalized spacial score (nSPS) is 23.9. The van der Waals surface area contributed by atoms with E-state index in [9.17, 15) is 13.2 Å². The van der Waals surface area contributed by atoms with E-state index in [1.807, 2.05) is 12.1 Å². The lowest BCUT2D eigenvalue weighted by atomic mass is 10.0. The van der Waals surface area contributed by atoms with Crippen LogP contribution in [0.25, 0.3) is 0 Å². The van der Waals surface area contributed by atoms with Gasteiger partial charge in [-0.25, -0.2) is 0 Å². The summed E-state index contributed by atoms with van der Waals surface area (Å²) in [6.07, 6.45) is -4.09. The Morgan fingerprint density at radius 2 is 1.71 bits per heavy atom. The highest BCUT2D eigenvalue weighted by Crippen LogP contribution is 2.31. The molecule has 1 N–H and O–H groups in total. The monoisotopic (exact) mass is 299 g/mol. The van der Waals surface area contributed by atoms with Crippen LogP contribution < -0.4 is 5.32 Å². The number of fused-ring (bicyclic) bond motifs is 1. The Bertz CT molecular complexity index is 481. The molecule has 1 unspecified atom stereocenters. The van der Waals surface area contributed by atoms with Gasteiger partial charge in [-0.2, -0.15) is 13.2 Å². The molecule has 0 spiro atoms. The van der Waals surface area contributed by atoms with Crippen molar-refractivity contribution in [1.82, 2.24) is 9.80 Å². The quantitative estimate of drug-likeness (QED) is 0.924. The summed E-state index contributed by atoms with van der Waals surface area (Å²) in [4.78, 5) is 3.78. The van der Waals surface area contributed by atoms with Gasteiger partial charge >= 0.3 is 6.18 Å². The van der Waals surface area contributed by atoms with Gasteiger partial charge in [0.25, 0.3) is 0 Å². The molecule has 0 radical (unpaired) electrons. The number of benzene rings is 1. The summed E-state index contributed by atoms with van der Waals surface area (Å²) in [7, 11) is 0. The van der Waals surface area contributed by atoms with E-state index < -0.39 is 12.7 Å². The highest BCUT2D eigenvalue weighted by atomic mass is 19.4. The Morgan fingerprint density at radius 3 is 2.43 bits per heavy atom. The van der Waals surface area contributed by atoms with E-state index in [-0.39, 0.29) is 0 Å². The first-order valence-corrected chi connectivity index (χ1v) is 7.35. The zero-order valence-electron chi connectivity index (χ0n) is 11.9. The Kier molecular flexibility index (Phi) is 4.08. The van der Waals surface area contributed by atoms with E-state index >= 15 is 0 Å². The van der Waals surface area contributed by atoms with Crippen LogP contribution in [0.3, 0.4) is 0 Å². The number of alkyl halides is 3. The van der Waals surface area contributed by atoms with Crippen LogP contribution in [0.5, 0.6) is 0 Å². The molecule has 2 aliphatic heterocycles. The number of nitrogens with one attached hydrogen (secondary N) is 1. The van der Waals surface area contributed by atoms with Crippen molar-refractivity contribution in [2.45, 2.75) is 12.1 Å². The van der Waals surface area contributed by atoms with Gasteiger partial charge in [0.15, 0.2) is 0 Å². The molecule has 1 atom stereocenters. The van der Waals surface area contributed by atoms with Gasteiger partial charge in [-0.05, 0) is 11.6 Å². The van der Waals surface area contributed by atoms with Crippen molar-refractivity contribution >= 4 is 5.69 Å². The van der Waals surface area contributed by atoms with Crippen molar-refractivity contribution in [3.8, 4) is 0 Å².